The van der Waals surface area contributed by atoms with E-state index in [1.807, 2.05) is 0 Å². The van der Waals surface area contributed by atoms with Crippen molar-refractivity contribution >= 4 is 11.9 Å². The standard InChI is InChI=1S/C36H71NO5/c1-4-6-7-8-15-20-27-35(5-2)36(40)42-33-26-19-14-10-12-17-22-29-37(30-23-24-31-38)28-21-16-11-9-13-18-25-32-41-34(3)39/h35,38H,4-33H2,1-3H3. The fourth-order valence-electron chi connectivity index (χ4n) is 5.59. The molecule has 0 saturated heterocycles. The van der Waals surface area contributed by atoms with Crippen LogP contribution in [0.2, 0.25) is 0 Å². The summed E-state index contributed by atoms with van der Waals surface area (Å²) < 4.78 is 10.6. The quantitative estimate of drug-likeness (QED) is 0.0600. The molecule has 0 aliphatic heterocycles. The molecule has 0 amide bonds. The van der Waals surface area contributed by atoms with Gasteiger partial charge in [0.2, 0.25) is 0 Å². The molecule has 6 nitrogen and oxygen atoms in total. The average Bonchev–Trinajstić information content (AvgIpc) is 2.98. The number of ether oxygens (including phenoxy) is 2. The Labute approximate surface area is 261 Å². The van der Waals surface area contributed by atoms with Crippen LogP contribution in [0.3, 0.4) is 0 Å². The highest BCUT2D eigenvalue weighted by Gasteiger charge is 2.17. The van der Waals surface area contributed by atoms with E-state index in [0.717, 1.165) is 64.3 Å². The first-order valence-corrected chi connectivity index (χ1v) is 18.2. The average molecular weight is 598 g/mol. The van der Waals surface area contributed by atoms with Crippen molar-refractivity contribution in [3.63, 3.8) is 0 Å². The van der Waals surface area contributed by atoms with Crippen molar-refractivity contribution < 1.29 is 24.2 Å². The topological polar surface area (TPSA) is 76.1 Å². The van der Waals surface area contributed by atoms with Crippen LogP contribution in [0, 0.1) is 5.92 Å². The van der Waals surface area contributed by atoms with Crippen LogP contribution in [0.4, 0.5) is 0 Å². The monoisotopic (exact) mass is 598 g/mol. The maximum absolute atomic E-state index is 12.4. The van der Waals surface area contributed by atoms with Gasteiger partial charge >= 0.3 is 11.9 Å². The van der Waals surface area contributed by atoms with Crippen LogP contribution in [0.5, 0.6) is 0 Å². The summed E-state index contributed by atoms with van der Waals surface area (Å²) in [5.41, 5.74) is 0. The summed E-state index contributed by atoms with van der Waals surface area (Å²) in [6.45, 7) is 10.7. The van der Waals surface area contributed by atoms with Gasteiger partial charge in [0.25, 0.3) is 0 Å². The maximum atomic E-state index is 12.4. The van der Waals surface area contributed by atoms with Crippen LogP contribution in [0.25, 0.3) is 0 Å². The molecule has 0 heterocycles. The number of unbranched alkanes of at least 4 members (excludes halogenated alkanes) is 18. The molecule has 6 heteroatoms. The number of aliphatic hydroxyl groups excluding tert-OH is 1. The van der Waals surface area contributed by atoms with Crippen molar-refractivity contribution in [3.05, 3.63) is 0 Å². The number of esters is 2. The zero-order valence-electron chi connectivity index (χ0n) is 28.3. The van der Waals surface area contributed by atoms with Crippen molar-refractivity contribution in [1.82, 2.24) is 4.90 Å². The highest BCUT2D eigenvalue weighted by atomic mass is 16.5. The molecule has 1 atom stereocenters. The van der Waals surface area contributed by atoms with Crippen LogP contribution in [-0.2, 0) is 19.1 Å². The van der Waals surface area contributed by atoms with Crippen molar-refractivity contribution in [2.45, 2.75) is 175 Å². The number of nitrogens with zero attached hydrogens (tertiary/aromatic N) is 1. The molecule has 0 radical (unpaired) electrons. The van der Waals surface area contributed by atoms with Gasteiger partial charge in [0.15, 0.2) is 0 Å². The fourth-order valence-corrected chi connectivity index (χ4v) is 5.59. The Morgan fingerprint density at radius 1 is 0.571 bits per heavy atom. The maximum Gasteiger partial charge on any atom is 0.308 e. The summed E-state index contributed by atoms with van der Waals surface area (Å²) in [4.78, 5) is 25.8. The molecule has 0 rings (SSSR count). The lowest BCUT2D eigenvalue weighted by molar-refractivity contribution is -0.149. The van der Waals surface area contributed by atoms with E-state index in [1.54, 1.807) is 0 Å². The molecule has 1 N–H and O–H groups in total. The first kappa shape index (κ1) is 40.9. The van der Waals surface area contributed by atoms with Crippen molar-refractivity contribution in [2.75, 3.05) is 39.5 Å². The van der Waals surface area contributed by atoms with E-state index in [4.69, 9.17) is 14.6 Å². The summed E-state index contributed by atoms with van der Waals surface area (Å²) in [5, 5.41) is 9.16. The molecule has 0 aromatic heterocycles. The van der Waals surface area contributed by atoms with E-state index in [-0.39, 0.29) is 17.9 Å². The summed E-state index contributed by atoms with van der Waals surface area (Å²) in [7, 11) is 0. The number of rotatable bonds is 33. The number of hydrogen-bond donors (Lipinski definition) is 1. The van der Waals surface area contributed by atoms with Crippen LogP contribution in [0.15, 0.2) is 0 Å². The van der Waals surface area contributed by atoms with E-state index in [2.05, 4.69) is 18.7 Å². The minimum absolute atomic E-state index is 0.0302. The predicted molar refractivity (Wildman–Crippen MR) is 177 cm³/mol. The second-order valence-electron chi connectivity index (χ2n) is 12.4. The third-order valence-corrected chi connectivity index (χ3v) is 8.40. The molecule has 0 bridgehead atoms. The summed E-state index contributed by atoms with van der Waals surface area (Å²) >= 11 is 0. The summed E-state index contributed by atoms with van der Waals surface area (Å²) in [5.74, 6) is -0.0540. The van der Waals surface area contributed by atoms with Crippen molar-refractivity contribution in [3.8, 4) is 0 Å². The first-order valence-electron chi connectivity index (χ1n) is 18.2. The van der Waals surface area contributed by atoms with Crippen LogP contribution < -0.4 is 0 Å². The molecule has 0 aromatic rings. The number of hydrogen-bond acceptors (Lipinski definition) is 6. The van der Waals surface area contributed by atoms with Crippen LogP contribution in [-0.4, -0.2) is 61.4 Å². The SMILES string of the molecule is CCCCCCCCC(CC)C(=O)OCCCCCCCCCN(CCCCO)CCCCCCCCCOC(C)=O. The molecule has 0 aliphatic rings. The molecular weight excluding hydrogens is 526 g/mol. The molecular formula is C36H71NO5. The van der Waals surface area contributed by atoms with Crippen molar-refractivity contribution in [1.29, 1.82) is 0 Å². The predicted octanol–water partition coefficient (Wildman–Crippen LogP) is 9.41. The molecule has 0 aliphatic carbocycles. The normalized spacial score (nSPS) is 12.1. The zero-order valence-corrected chi connectivity index (χ0v) is 28.3. The number of carbonyl (C=O) groups excluding carboxylic acids is 2. The first-order chi connectivity index (χ1) is 20.5. The van der Waals surface area contributed by atoms with Gasteiger partial charge in [-0.2, -0.15) is 0 Å². The lowest BCUT2D eigenvalue weighted by Gasteiger charge is -2.22. The molecule has 0 saturated carbocycles. The van der Waals surface area contributed by atoms with E-state index in [1.165, 1.54) is 116 Å². The largest absolute Gasteiger partial charge is 0.466 e. The van der Waals surface area contributed by atoms with E-state index in [0.29, 0.717) is 19.8 Å². The lowest BCUT2D eigenvalue weighted by atomic mass is 9.98. The Morgan fingerprint density at radius 3 is 1.48 bits per heavy atom. The van der Waals surface area contributed by atoms with Gasteiger partial charge in [-0.1, -0.05) is 117 Å². The van der Waals surface area contributed by atoms with Gasteiger partial charge in [0, 0.05) is 13.5 Å². The number of carbonyl (C=O) groups is 2. The van der Waals surface area contributed by atoms with Crippen LogP contribution >= 0.6 is 0 Å². The highest BCUT2D eigenvalue weighted by Crippen LogP contribution is 2.17. The lowest BCUT2D eigenvalue weighted by Crippen LogP contribution is -2.27. The van der Waals surface area contributed by atoms with Gasteiger partial charge in [-0.05, 0) is 71.0 Å². The Balaban J connectivity index is 3.77. The van der Waals surface area contributed by atoms with Gasteiger partial charge in [0.1, 0.15) is 0 Å². The van der Waals surface area contributed by atoms with Crippen molar-refractivity contribution in [2.24, 2.45) is 5.92 Å². The molecule has 250 valence electrons. The smallest absolute Gasteiger partial charge is 0.308 e. The number of aliphatic hydroxyl groups is 1. The fraction of sp³-hybridized carbons (Fsp3) is 0.944. The molecule has 0 aromatic carbocycles. The van der Waals surface area contributed by atoms with Gasteiger partial charge in [-0.3, -0.25) is 9.59 Å². The van der Waals surface area contributed by atoms with E-state index >= 15 is 0 Å². The van der Waals surface area contributed by atoms with E-state index < -0.39 is 0 Å². The molecule has 0 fully saturated rings. The highest BCUT2D eigenvalue weighted by molar-refractivity contribution is 5.72. The van der Waals surface area contributed by atoms with Crippen LogP contribution in [0.1, 0.15) is 175 Å². The molecule has 1 unspecified atom stereocenters. The van der Waals surface area contributed by atoms with Gasteiger partial charge in [-0.25, -0.2) is 0 Å². The third-order valence-electron chi connectivity index (χ3n) is 8.40. The zero-order chi connectivity index (χ0) is 30.9. The minimum Gasteiger partial charge on any atom is -0.466 e. The Bertz CT molecular complexity index is 585. The second kappa shape index (κ2) is 32.8. The van der Waals surface area contributed by atoms with Gasteiger partial charge < -0.3 is 19.5 Å². The summed E-state index contributed by atoms with van der Waals surface area (Å²) in [6.07, 6.45) is 28.4. The Morgan fingerprint density at radius 2 is 1.00 bits per heavy atom. The van der Waals surface area contributed by atoms with E-state index in [9.17, 15) is 9.59 Å². The van der Waals surface area contributed by atoms with Gasteiger partial charge in [0.05, 0.1) is 19.1 Å². The van der Waals surface area contributed by atoms with Gasteiger partial charge in [-0.15, -0.1) is 0 Å². The Hall–Kier alpha value is -1.14. The molecule has 42 heavy (non-hydrogen) atoms. The minimum atomic E-state index is -0.177. The summed E-state index contributed by atoms with van der Waals surface area (Å²) in [6, 6.07) is 0. The molecule has 0 spiro atoms. The Kier molecular flexibility index (Phi) is 31.9. The second-order valence-corrected chi connectivity index (χ2v) is 12.4. The third kappa shape index (κ3) is 29.0.